The predicted octanol–water partition coefficient (Wildman–Crippen LogP) is 1.63. The van der Waals surface area contributed by atoms with E-state index in [1.54, 1.807) is 4.90 Å². The van der Waals surface area contributed by atoms with E-state index in [1.165, 1.54) is 32.1 Å². The van der Waals surface area contributed by atoms with Crippen molar-refractivity contribution in [3.05, 3.63) is 0 Å². The molecule has 0 bridgehead atoms. The van der Waals surface area contributed by atoms with Crippen molar-refractivity contribution in [2.24, 2.45) is 5.92 Å². The van der Waals surface area contributed by atoms with E-state index in [-0.39, 0.29) is 5.91 Å². The molecule has 0 heterocycles. The first-order valence-corrected chi connectivity index (χ1v) is 6.18. The Labute approximate surface area is 93.2 Å². The van der Waals surface area contributed by atoms with Gasteiger partial charge < -0.3 is 10.2 Å². The van der Waals surface area contributed by atoms with Crippen molar-refractivity contribution >= 4 is 5.91 Å². The maximum absolute atomic E-state index is 11.5. The lowest BCUT2D eigenvalue weighted by atomic mass is 9.89. The van der Waals surface area contributed by atoms with Gasteiger partial charge in [0.15, 0.2) is 0 Å². The molecule has 1 amide bonds. The number of nitrogens with zero attached hydrogens (tertiary/aromatic N) is 1. The quantitative estimate of drug-likeness (QED) is 0.751. The zero-order chi connectivity index (χ0) is 11.1. The van der Waals surface area contributed by atoms with Crippen molar-refractivity contribution in [3.63, 3.8) is 0 Å². The van der Waals surface area contributed by atoms with Crippen molar-refractivity contribution in [1.82, 2.24) is 10.2 Å². The van der Waals surface area contributed by atoms with Gasteiger partial charge >= 0.3 is 0 Å². The van der Waals surface area contributed by atoms with Crippen molar-refractivity contribution in [2.75, 3.05) is 26.7 Å². The molecule has 0 aromatic heterocycles. The molecule has 0 spiro atoms. The monoisotopic (exact) mass is 212 g/mol. The van der Waals surface area contributed by atoms with E-state index in [2.05, 4.69) is 5.32 Å². The molecule has 0 atom stereocenters. The van der Waals surface area contributed by atoms with Crippen molar-refractivity contribution in [2.45, 2.75) is 39.0 Å². The van der Waals surface area contributed by atoms with Crippen LogP contribution in [0.5, 0.6) is 0 Å². The Morgan fingerprint density at radius 1 is 1.33 bits per heavy atom. The van der Waals surface area contributed by atoms with Gasteiger partial charge in [-0.3, -0.25) is 4.79 Å². The van der Waals surface area contributed by atoms with Gasteiger partial charge in [-0.05, 0) is 32.2 Å². The molecule has 3 nitrogen and oxygen atoms in total. The summed E-state index contributed by atoms with van der Waals surface area (Å²) in [5.74, 6) is 1.01. The third-order valence-corrected chi connectivity index (χ3v) is 3.33. The maximum Gasteiger partial charge on any atom is 0.236 e. The van der Waals surface area contributed by atoms with Crippen LogP contribution in [0.2, 0.25) is 0 Å². The van der Waals surface area contributed by atoms with Crippen LogP contribution in [0.1, 0.15) is 39.0 Å². The molecule has 15 heavy (non-hydrogen) atoms. The molecule has 0 radical (unpaired) electrons. The summed E-state index contributed by atoms with van der Waals surface area (Å²) >= 11 is 0. The lowest BCUT2D eigenvalue weighted by Gasteiger charge is -2.22. The van der Waals surface area contributed by atoms with E-state index in [1.807, 2.05) is 14.0 Å². The Bertz CT molecular complexity index is 188. The summed E-state index contributed by atoms with van der Waals surface area (Å²) in [5, 5.41) is 3.28. The van der Waals surface area contributed by atoms with Gasteiger partial charge in [0.1, 0.15) is 0 Å². The lowest BCUT2D eigenvalue weighted by Crippen LogP contribution is -2.37. The van der Waals surface area contributed by atoms with Crippen LogP contribution in [-0.2, 0) is 4.79 Å². The minimum atomic E-state index is 0.202. The van der Waals surface area contributed by atoms with Gasteiger partial charge in [0.05, 0.1) is 6.54 Å². The van der Waals surface area contributed by atoms with Gasteiger partial charge in [0, 0.05) is 13.6 Å². The van der Waals surface area contributed by atoms with Gasteiger partial charge in [-0.15, -0.1) is 0 Å². The molecule has 0 aromatic rings. The fraction of sp³-hybridized carbons (Fsp3) is 0.917. The zero-order valence-corrected chi connectivity index (χ0v) is 10.1. The molecule has 88 valence electrons. The molecule has 1 rings (SSSR count). The highest BCUT2D eigenvalue weighted by atomic mass is 16.2. The highest BCUT2D eigenvalue weighted by Gasteiger charge is 2.13. The second-order valence-corrected chi connectivity index (χ2v) is 4.54. The summed E-state index contributed by atoms with van der Waals surface area (Å²) in [5.41, 5.74) is 0. The zero-order valence-electron chi connectivity index (χ0n) is 10.1. The van der Waals surface area contributed by atoms with E-state index in [0.29, 0.717) is 6.54 Å². The molecule has 0 unspecified atom stereocenters. The minimum Gasteiger partial charge on any atom is -0.345 e. The van der Waals surface area contributed by atoms with E-state index in [0.717, 1.165) is 19.0 Å². The van der Waals surface area contributed by atoms with Crippen LogP contribution in [0.25, 0.3) is 0 Å². The number of carbonyl (C=O) groups is 1. The molecule has 3 heteroatoms. The van der Waals surface area contributed by atoms with E-state index in [4.69, 9.17) is 0 Å². The second-order valence-electron chi connectivity index (χ2n) is 4.54. The number of likely N-dealkylation sites (N-methyl/N-ethyl adjacent to an activating group) is 1. The Hall–Kier alpha value is -0.570. The highest BCUT2D eigenvalue weighted by molar-refractivity contribution is 5.77. The number of nitrogens with one attached hydrogen (secondary N) is 1. The predicted molar refractivity (Wildman–Crippen MR) is 62.8 cm³/mol. The summed E-state index contributed by atoms with van der Waals surface area (Å²) in [4.78, 5) is 13.2. The number of hydrogen-bond acceptors (Lipinski definition) is 2. The standard InChI is InChI=1S/C12H24N2O/c1-3-14(2)12(15)10-13-9-11-7-5-4-6-8-11/h11,13H,3-10H2,1-2H3. The van der Waals surface area contributed by atoms with Crippen LogP contribution in [-0.4, -0.2) is 37.5 Å². The molecule has 1 saturated carbocycles. The summed E-state index contributed by atoms with van der Waals surface area (Å²) in [6.45, 7) is 4.31. The van der Waals surface area contributed by atoms with Crippen LogP contribution in [0, 0.1) is 5.92 Å². The first-order valence-electron chi connectivity index (χ1n) is 6.18. The summed E-state index contributed by atoms with van der Waals surface area (Å²) in [6.07, 6.45) is 6.81. The Kier molecular flexibility index (Phi) is 5.69. The molecule has 1 N–H and O–H groups in total. The average Bonchev–Trinajstić information content (AvgIpc) is 2.29. The summed E-state index contributed by atoms with van der Waals surface area (Å²) in [6, 6.07) is 0. The van der Waals surface area contributed by atoms with Crippen LogP contribution in [0.4, 0.5) is 0 Å². The summed E-state index contributed by atoms with van der Waals surface area (Å²) in [7, 11) is 1.85. The fourth-order valence-electron chi connectivity index (χ4n) is 2.09. The molecular formula is C12H24N2O. The van der Waals surface area contributed by atoms with Crippen molar-refractivity contribution in [3.8, 4) is 0 Å². The first kappa shape index (κ1) is 12.5. The minimum absolute atomic E-state index is 0.202. The summed E-state index contributed by atoms with van der Waals surface area (Å²) < 4.78 is 0. The van der Waals surface area contributed by atoms with Gasteiger partial charge in [0.2, 0.25) is 5.91 Å². The van der Waals surface area contributed by atoms with Crippen LogP contribution >= 0.6 is 0 Å². The molecule has 1 fully saturated rings. The van der Waals surface area contributed by atoms with Gasteiger partial charge in [-0.1, -0.05) is 19.3 Å². The first-order chi connectivity index (χ1) is 7.24. The third kappa shape index (κ3) is 4.65. The van der Waals surface area contributed by atoms with E-state index >= 15 is 0 Å². The Morgan fingerprint density at radius 2 is 2.00 bits per heavy atom. The van der Waals surface area contributed by atoms with Crippen LogP contribution < -0.4 is 5.32 Å². The fourth-order valence-corrected chi connectivity index (χ4v) is 2.09. The van der Waals surface area contributed by atoms with Crippen LogP contribution in [0.15, 0.2) is 0 Å². The Morgan fingerprint density at radius 3 is 2.60 bits per heavy atom. The second kappa shape index (κ2) is 6.83. The largest absolute Gasteiger partial charge is 0.345 e. The van der Waals surface area contributed by atoms with Crippen molar-refractivity contribution < 1.29 is 4.79 Å². The molecular weight excluding hydrogens is 188 g/mol. The molecule has 1 aliphatic carbocycles. The molecule has 1 aliphatic rings. The highest BCUT2D eigenvalue weighted by Crippen LogP contribution is 2.22. The SMILES string of the molecule is CCN(C)C(=O)CNCC1CCCCC1. The smallest absolute Gasteiger partial charge is 0.236 e. The van der Waals surface area contributed by atoms with Crippen LogP contribution in [0.3, 0.4) is 0 Å². The number of amides is 1. The number of hydrogen-bond donors (Lipinski definition) is 1. The van der Waals surface area contributed by atoms with Gasteiger partial charge in [-0.25, -0.2) is 0 Å². The van der Waals surface area contributed by atoms with E-state index < -0.39 is 0 Å². The normalized spacial score (nSPS) is 17.7. The van der Waals surface area contributed by atoms with Gasteiger partial charge in [-0.2, -0.15) is 0 Å². The number of rotatable bonds is 5. The molecule has 0 saturated heterocycles. The topological polar surface area (TPSA) is 32.3 Å². The van der Waals surface area contributed by atoms with Gasteiger partial charge in [0.25, 0.3) is 0 Å². The van der Waals surface area contributed by atoms with E-state index in [9.17, 15) is 4.79 Å². The third-order valence-electron chi connectivity index (χ3n) is 3.33. The molecule has 0 aromatic carbocycles. The molecule has 0 aliphatic heterocycles. The van der Waals surface area contributed by atoms with Crippen molar-refractivity contribution in [1.29, 1.82) is 0 Å². The number of carbonyl (C=O) groups excluding carboxylic acids is 1. The maximum atomic E-state index is 11.5. The average molecular weight is 212 g/mol. The Balaban J connectivity index is 2.07. The lowest BCUT2D eigenvalue weighted by molar-refractivity contribution is -0.128.